The molecule has 3 nitrogen and oxygen atoms in total. The molecule has 0 heterocycles. The van der Waals surface area contributed by atoms with Crippen LogP contribution in [0.25, 0.3) is 0 Å². The zero-order valence-electron chi connectivity index (χ0n) is 9.24. The molecule has 1 atom stereocenters. The van der Waals surface area contributed by atoms with Crippen molar-refractivity contribution >= 4 is 5.97 Å². The summed E-state index contributed by atoms with van der Waals surface area (Å²) in [6.07, 6.45) is -0.636. The Morgan fingerprint density at radius 1 is 1.41 bits per heavy atom. The van der Waals surface area contributed by atoms with Gasteiger partial charge in [0.1, 0.15) is 5.75 Å². The van der Waals surface area contributed by atoms with E-state index in [-0.39, 0.29) is 5.56 Å². The summed E-state index contributed by atoms with van der Waals surface area (Å²) in [5.41, 5.74) is -1.92. The number of hydrogen-bond acceptors (Lipinski definition) is 2. The number of carboxylic acids is 1. The van der Waals surface area contributed by atoms with Gasteiger partial charge in [-0.15, -0.1) is 0 Å². The topological polar surface area (TPSA) is 46.5 Å². The van der Waals surface area contributed by atoms with Crippen LogP contribution in [0.3, 0.4) is 0 Å². The summed E-state index contributed by atoms with van der Waals surface area (Å²) in [6.45, 7) is 2.28. The first-order valence-corrected chi connectivity index (χ1v) is 5.28. The molecule has 1 fully saturated rings. The van der Waals surface area contributed by atoms with Crippen LogP contribution in [-0.2, 0) is 10.2 Å². The van der Waals surface area contributed by atoms with Crippen molar-refractivity contribution in [1.82, 2.24) is 0 Å². The lowest BCUT2D eigenvalue weighted by molar-refractivity contribution is -0.142. The van der Waals surface area contributed by atoms with Crippen molar-refractivity contribution in [3.63, 3.8) is 0 Å². The van der Waals surface area contributed by atoms with E-state index >= 15 is 0 Å². The predicted octanol–water partition coefficient (Wildman–Crippen LogP) is 2.45. The third-order valence-electron chi connectivity index (χ3n) is 3.01. The number of hydrogen-bond donors (Lipinski definition) is 1. The first-order valence-electron chi connectivity index (χ1n) is 5.28. The monoisotopic (exact) mass is 242 g/mol. The van der Waals surface area contributed by atoms with Crippen LogP contribution >= 0.6 is 0 Å². The molecule has 0 radical (unpaired) electrons. The lowest BCUT2D eigenvalue weighted by Crippen LogP contribution is -2.26. The Hall–Kier alpha value is -1.65. The Morgan fingerprint density at radius 2 is 1.94 bits per heavy atom. The van der Waals surface area contributed by atoms with Crippen LogP contribution in [0.15, 0.2) is 24.3 Å². The van der Waals surface area contributed by atoms with Crippen LogP contribution in [0.2, 0.25) is 0 Å². The van der Waals surface area contributed by atoms with Gasteiger partial charge in [-0.25, -0.2) is 8.78 Å². The maximum absolute atomic E-state index is 13.2. The van der Waals surface area contributed by atoms with Crippen molar-refractivity contribution in [1.29, 1.82) is 0 Å². The van der Waals surface area contributed by atoms with Gasteiger partial charge >= 0.3 is 5.97 Å². The molecular formula is C12H12F2O3. The van der Waals surface area contributed by atoms with E-state index in [1.165, 1.54) is 24.3 Å². The first-order chi connectivity index (χ1) is 7.94. The van der Waals surface area contributed by atoms with E-state index in [9.17, 15) is 13.6 Å². The molecule has 1 aliphatic carbocycles. The summed E-state index contributed by atoms with van der Waals surface area (Å²) in [5.74, 6) is -4.10. The largest absolute Gasteiger partial charge is 0.494 e. The van der Waals surface area contributed by atoms with Gasteiger partial charge in [-0.1, -0.05) is 12.1 Å². The Bertz CT molecular complexity index is 442. The highest BCUT2D eigenvalue weighted by Crippen LogP contribution is 2.61. The molecule has 1 aromatic rings. The highest BCUT2D eigenvalue weighted by molar-refractivity contribution is 5.87. The minimum absolute atomic E-state index is 0.124. The molecule has 1 saturated carbocycles. The summed E-state index contributed by atoms with van der Waals surface area (Å²) in [6, 6.07) is 5.80. The molecule has 0 saturated heterocycles. The van der Waals surface area contributed by atoms with Crippen LogP contribution in [0.5, 0.6) is 5.75 Å². The smallest absolute Gasteiger partial charge is 0.320 e. The average molecular weight is 242 g/mol. The number of halogens is 2. The lowest BCUT2D eigenvalue weighted by Gasteiger charge is -2.12. The maximum atomic E-state index is 13.2. The number of aliphatic carboxylic acids is 1. The van der Waals surface area contributed by atoms with E-state index in [1.807, 2.05) is 6.92 Å². The number of rotatable bonds is 4. The number of carboxylic acid groups (broad SMARTS) is 1. The molecule has 17 heavy (non-hydrogen) atoms. The number of carbonyl (C=O) groups is 1. The first kappa shape index (κ1) is 11.8. The van der Waals surface area contributed by atoms with E-state index in [4.69, 9.17) is 9.84 Å². The van der Waals surface area contributed by atoms with Crippen molar-refractivity contribution in [3.05, 3.63) is 29.8 Å². The molecule has 0 aliphatic heterocycles. The lowest BCUT2D eigenvalue weighted by atomic mass is 9.95. The normalized spacial score (nSPS) is 25.4. The van der Waals surface area contributed by atoms with E-state index in [0.29, 0.717) is 12.4 Å². The van der Waals surface area contributed by atoms with E-state index < -0.39 is 23.7 Å². The van der Waals surface area contributed by atoms with Crippen LogP contribution in [0.4, 0.5) is 8.78 Å². The van der Waals surface area contributed by atoms with Gasteiger partial charge in [-0.3, -0.25) is 4.79 Å². The minimum atomic E-state index is -3.16. The average Bonchev–Trinajstić information content (AvgIpc) is 2.85. The fourth-order valence-corrected chi connectivity index (χ4v) is 1.96. The van der Waals surface area contributed by atoms with Gasteiger partial charge in [-0.2, -0.15) is 0 Å². The molecule has 0 amide bonds. The summed E-state index contributed by atoms with van der Waals surface area (Å²) in [4.78, 5) is 11.0. The third-order valence-corrected chi connectivity index (χ3v) is 3.01. The van der Waals surface area contributed by atoms with Crippen molar-refractivity contribution in [3.8, 4) is 5.75 Å². The maximum Gasteiger partial charge on any atom is 0.320 e. The van der Waals surface area contributed by atoms with Gasteiger partial charge in [-0.05, 0) is 24.6 Å². The second-order valence-corrected chi connectivity index (χ2v) is 4.05. The Morgan fingerprint density at radius 3 is 2.29 bits per heavy atom. The predicted molar refractivity (Wildman–Crippen MR) is 56.5 cm³/mol. The number of benzene rings is 1. The van der Waals surface area contributed by atoms with E-state index in [1.54, 1.807) is 0 Å². The molecule has 1 aromatic carbocycles. The van der Waals surface area contributed by atoms with Crippen molar-refractivity contribution < 1.29 is 23.4 Å². The van der Waals surface area contributed by atoms with Crippen molar-refractivity contribution in [2.24, 2.45) is 0 Å². The van der Waals surface area contributed by atoms with Crippen LogP contribution in [-0.4, -0.2) is 23.6 Å². The molecule has 5 heteroatoms. The van der Waals surface area contributed by atoms with E-state index in [2.05, 4.69) is 0 Å². The molecule has 1 unspecified atom stereocenters. The highest BCUT2D eigenvalue weighted by atomic mass is 19.3. The molecule has 0 aromatic heterocycles. The Kier molecular flexibility index (Phi) is 2.56. The fourth-order valence-electron chi connectivity index (χ4n) is 1.96. The standard InChI is InChI=1S/C12H12F2O3/c1-2-17-9-5-3-8(4-6-9)11(10(15)16)7-12(11,13)14/h3-6H,2,7H2,1H3,(H,15,16). The summed E-state index contributed by atoms with van der Waals surface area (Å²) < 4.78 is 31.6. The third kappa shape index (κ3) is 1.66. The molecular weight excluding hydrogens is 230 g/mol. The molecule has 2 rings (SSSR count). The van der Waals surface area contributed by atoms with Crippen LogP contribution in [0, 0.1) is 0 Å². The highest BCUT2D eigenvalue weighted by Gasteiger charge is 2.77. The zero-order valence-corrected chi connectivity index (χ0v) is 9.24. The molecule has 0 spiro atoms. The van der Waals surface area contributed by atoms with Gasteiger partial charge in [0, 0.05) is 6.42 Å². The SMILES string of the molecule is CCOc1ccc(C2(C(=O)O)CC2(F)F)cc1. The second kappa shape index (κ2) is 3.68. The van der Waals surface area contributed by atoms with E-state index in [0.717, 1.165) is 0 Å². The van der Waals surface area contributed by atoms with Gasteiger partial charge in [0.25, 0.3) is 5.92 Å². The number of alkyl halides is 2. The van der Waals surface area contributed by atoms with Crippen molar-refractivity contribution in [2.45, 2.75) is 24.7 Å². The second-order valence-electron chi connectivity index (χ2n) is 4.05. The van der Waals surface area contributed by atoms with Crippen LogP contribution in [0.1, 0.15) is 18.9 Å². The van der Waals surface area contributed by atoms with Gasteiger partial charge in [0.05, 0.1) is 6.61 Å². The number of ether oxygens (including phenoxy) is 1. The summed E-state index contributed by atoms with van der Waals surface area (Å²) in [7, 11) is 0. The van der Waals surface area contributed by atoms with Gasteiger partial charge < -0.3 is 9.84 Å². The van der Waals surface area contributed by atoms with Gasteiger partial charge in [0.2, 0.25) is 0 Å². The Balaban J connectivity index is 2.31. The zero-order chi connectivity index (χ0) is 12.7. The van der Waals surface area contributed by atoms with Crippen molar-refractivity contribution in [2.75, 3.05) is 6.61 Å². The molecule has 92 valence electrons. The fraction of sp³-hybridized carbons (Fsp3) is 0.417. The molecule has 1 aliphatic rings. The van der Waals surface area contributed by atoms with Gasteiger partial charge in [0.15, 0.2) is 5.41 Å². The molecule has 0 bridgehead atoms. The Labute approximate surface area is 97.0 Å². The summed E-state index contributed by atoms with van der Waals surface area (Å²) >= 11 is 0. The quantitative estimate of drug-likeness (QED) is 0.882. The minimum Gasteiger partial charge on any atom is -0.494 e. The summed E-state index contributed by atoms with van der Waals surface area (Å²) in [5, 5.41) is 8.95. The molecule has 1 N–H and O–H groups in total. The van der Waals surface area contributed by atoms with Crippen LogP contribution < -0.4 is 4.74 Å².